The van der Waals surface area contributed by atoms with E-state index in [1.807, 2.05) is 30.3 Å². The summed E-state index contributed by atoms with van der Waals surface area (Å²) in [5.41, 5.74) is 0.877. The standard InChI is InChI=1S/C21H22BrN3O4S/c1-15-12-20(24-29-15)23-21(26)13-17(16-6-4-3-5-7-16)14-25(2)30(27,28)19-10-8-18(22)9-11-19/h3-12,17H,13-14H2,1-2H3,(H,23,24,26). The first-order valence-corrected chi connectivity index (χ1v) is 11.5. The zero-order valence-corrected chi connectivity index (χ0v) is 19.0. The Hall–Kier alpha value is -2.49. The van der Waals surface area contributed by atoms with Gasteiger partial charge in [0.15, 0.2) is 5.82 Å². The normalized spacial score (nSPS) is 12.7. The molecule has 0 spiro atoms. The molecule has 0 saturated carbocycles. The van der Waals surface area contributed by atoms with E-state index < -0.39 is 10.0 Å². The number of aromatic nitrogens is 1. The fraction of sp³-hybridized carbons (Fsp3) is 0.238. The van der Waals surface area contributed by atoms with Crippen molar-refractivity contribution in [2.75, 3.05) is 18.9 Å². The van der Waals surface area contributed by atoms with Crippen LogP contribution in [-0.2, 0) is 14.8 Å². The third kappa shape index (κ3) is 5.56. The largest absolute Gasteiger partial charge is 0.360 e. The van der Waals surface area contributed by atoms with Crippen molar-refractivity contribution in [3.8, 4) is 0 Å². The second-order valence-corrected chi connectivity index (χ2v) is 9.88. The number of halogens is 1. The van der Waals surface area contributed by atoms with Crippen molar-refractivity contribution in [1.29, 1.82) is 0 Å². The van der Waals surface area contributed by atoms with Crippen LogP contribution in [0.3, 0.4) is 0 Å². The molecular weight excluding hydrogens is 470 g/mol. The van der Waals surface area contributed by atoms with Gasteiger partial charge in [-0.05, 0) is 36.8 Å². The Kier molecular flexibility index (Phi) is 7.06. The first-order chi connectivity index (χ1) is 14.3. The summed E-state index contributed by atoms with van der Waals surface area (Å²) >= 11 is 3.31. The van der Waals surface area contributed by atoms with Crippen LogP contribution in [0.15, 0.2) is 74.6 Å². The van der Waals surface area contributed by atoms with E-state index in [9.17, 15) is 13.2 Å². The summed E-state index contributed by atoms with van der Waals surface area (Å²) in [5, 5.41) is 6.46. The zero-order valence-electron chi connectivity index (χ0n) is 16.6. The van der Waals surface area contributed by atoms with Crippen LogP contribution >= 0.6 is 15.9 Å². The third-order valence-corrected chi connectivity index (χ3v) is 6.96. The zero-order chi connectivity index (χ0) is 21.7. The topological polar surface area (TPSA) is 92.5 Å². The molecule has 7 nitrogen and oxygen atoms in total. The summed E-state index contributed by atoms with van der Waals surface area (Å²) < 4.78 is 33.0. The molecule has 3 rings (SSSR count). The maximum absolute atomic E-state index is 13.0. The summed E-state index contributed by atoms with van der Waals surface area (Å²) in [6, 6.07) is 17.5. The van der Waals surface area contributed by atoms with Gasteiger partial charge in [-0.25, -0.2) is 12.7 Å². The molecule has 30 heavy (non-hydrogen) atoms. The molecule has 2 aromatic carbocycles. The molecule has 1 unspecified atom stereocenters. The van der Waals surface area contributed by atoms with Crippen LogP contribution in [0.5, 0.6) is 0 Å². The number of anilines is 1. The first kappa shape index (κ1) is 22.2. The molecule has 1 aromatic heterocycles. The number of likely N-dealkylation sites (N-methyl/N-ethyl adjacent to an activating group) is 1. The van der Waals surface area contributed by atoms with Gasteiger partial charge in [-0.15, -0.1) is 0 Å². The Bertz CT molecular complexity index is 1100. The highest BCUT2D eigenvalue weighted by atomic mass is 79.9. The lowest BCUT2D eigenvalue weighted by Crippen LogP contribution is -2.32. The SMILES string of the molecule is Cc1cc(NC(=O)CC(CN(C)S(=O)(=O)c2ccc(Br)cc2)c2ccccc2)no1. The second kappa shape index (κ2) is 9.55. The summed E-state index contributed by atoms with van der Waals surface area (Å²) in [7, 11) is -2.18. The van der Waals surface area contributed by atoms with Gasteiger partial charge in [0.2, 0.25) is 15.9 Å². The van der Waals surface area contributed by atoms with Crippen LogP contribution in [0.25, 0.3) is 0 Å². The van der Waals surface area contributed by atoms with E-state index in [4.69, 9.17) is 4.52 Å². The average molecular weight is 492 g/mol. The monoisotopic (exact) mass is 491 g/mol. The molecule has 1 heterocycles. The van der Waals surface area contributed by atoms with Crippen LogP contribution in [0, 0.1) is 6.92 Å². The van der Waals surface area contributed by atoms with Crippen molar-refractivity contribution in [2.45, 2.75) is 24.2 Å². The Morgan fingerprint density at radius 3 is 2.43 bits per heavy atom. The van der Waals surface area contributed by atoms with Crippen LogP contribution in [0.1, 0.15) is 23.7 Å². The molecule has 0 fully saturated rings. The fourth-order valence-electron chi connectivity index (χ4n) is 3.05. The Morgan fingerprint density at radius 2 is 1.83 bits per heavy atom. The average Bonchev–Trinajstić information content (AvgIpc) is 3.12. The van der Waals surface area contributed by atoms with Crippen molar-refractivity contribution in [3.05, 3.63) is 76.5 Å². The summed E-state index contributed by atoms with van der Waals surface area (Å²) in [4.78, 5) is 12.8. The lowest BCUT2D eigenvalue weighted by Gasteiger charge is -2.24. The van der Waals surface area contributed by atoms with Crippen LogP contribution in [-0.4, -0.2) is 37.4 Å². The van der Waals surface area contributed by atoms with Crippen molar-refractivity contribution in [3.63, 3.8) is 0 Å². The van der Waals surface area contributed by atoms with Crippen molar-refractivity contribution in [2.24, 2.45) is 0 Å². The van der Waals surface area contributed by atoms with E-state index in [-0.39, 0.29) is 29.7 Å². The van der Waals surface area contributed by atoms with E-state index in [0.717, 1.165) is 10.0 Å². The number of hydrogen-bond acceptors (Lipinski definition) is 5. The highest BCUT2D eigenvalue weighted by Gasteiger charge is 2.26. The minimum Gasteiger partial charge on any atom is -0.360 e. The number of nitrogens with one attached hydrogen (secondary N) is 1. The lowest BCUT2D eigenvalue weighted by atomic mass is 9.95. The molecule has 0 aliphatic rings. The number of carbonyl (C=O) groups excluding carboxylic acids is 1. The van der Waals surface area contributed by atoms with E-state index in [2.05, 4.69) is 26.4 Å². The van der Waals surface area contributed by atoms with Gasteiger partial charge in [-0.3, -0.25) is 4.79 Å². The smallest absolute Gasteiger partial charge is 0.242 e. The van der Waals surface area contributed by atoms with Crippen LogP contribution < -0.4 is 5.32 Å². The fourth-order valence-corrected chi connectivity index (χ4v) is 4.53. The minimum atomic E-state index is -3.70. The lowest BCUT2D eigenvalue weighted by molar-refractivity contribution is -0.116. The number of nitrogens with zero attached hydrogens (tertiary/aromatic N) is 2. The van der Waals surface area contributed by atoms with Gasteiger partial charge in [0.25, 0.3) is 0 Å². The van der Waals surface area contributed by atoms with Gasteiger partial charge >= 0.3 is 0 Å². The second-order valence-electron chi connectivity index (χ2n) is 6.92. The van der Waals surface area contributed by atoms with Gasteiger partial charge in [0.1, 0.15) is 5.76 Å². The number of benzene rings is 2. The predicted octanol–water partition coefficient (Wildman–Crippen LogP) is 4.18. The molecule has 0 aliphatic carbocycles. The molecule has 158 valence electrons. The van der Waals surface area contributed by atoms with E-state index in [1.54, 1.807) is 37.3 Å². The van der Waals surface area contributed by atoms with Crippen molar-refractivity contribution < 1.29 is 17.7 Å². The molecular formula is C21H22BrN3O4S. The quantitative estimate of drug-likeness (QED) is 0.510. The van der Waals surface area contributed by atoms with Crippen molar-refractivity contribution in [1.82, 2.24) is 9.46 Å². The third-order valence-electron chi connectivity index (χ3n) is 4.60. The molecule has 0 saturated heterocycles. The number of amides is 1. The number of aryl methyl sites for hydroxylation is 1. The van der Waals surface area contributed by atoms with Gasteiger partial charge in [-0.2, -0.15) is 0 Å². The number of rotatable bonds is 8. The summed E-state index contributed by atoms with van der Waals surface area (Å²) in [6.07, 6.45) is 0.0934. The number of sulfonamides is 1. The predicted molar refractivity (Wildman–Crippen MR) is 118 cm³/mol. The molecule has 0 aliphatic heterocycles. The highest BCUT2D eigenvalue weighted by molar-refractivity contribution is 9.10. The molecule has 1 amide bonds. The van der Waals surface area contributed by atoms with E-state index in [1.165, 1.54) is 11.4 Å². The first-order valence-electron chi connectivity index (χ1n) is 9.26. The van der Waals surface area contributed by atoms with Gasteiger partial charge < -0.3 is 9.84 Å². The van der Waals surface area contributed by atoms with Gasteiger partial charge in [-0.1, -0.05) is 51.4 Å². The molecule has 0 radical (unpaired) electrons. The Morgan fingerprint density at radius 1 is 1.17 bits per heavy atom. The maximum atomic E-state index is 13.0. The molecule has 1 N–H and O–H groups in total. The van der Waals surface area contributed by atoms with E-state index in [0.29, 0.717) is 11.6 Å². The molecule has 0 bridgehead atoms. The van der Waals surface area contributed by atoms with Gasteiger partial charge in [0, 0.05) is 36.5 Å². The summed E-state index contributed by atoms with van der Waals surface area (Å²) in [6.45, 7) is 1.88. The number of carbonyl (C=O) groups is 1. The van der Waals surface area contributed by atoms with E-state index >= 15 is 0 Å². The minimum absolute atomic E-state index is 0.0934. The van der Waals surface area contributed by atoms with Gasteiger partial charge in [0.05, 0.1) is 4.90 Å². The summed E-state index contributed by atoms with van der Waals surface area (Å²) in [5.74, 6) is 0.311. The van der Waals surface area contributed by atoms with Crippen molar-refractivity contribution >= 4 is 37.7 Å². The maximum Gasteiger partial charge on any atom is 0.242 e. The highest BCUT2D eigenvalue weighted by Crippen LogP contribution is 2.25. The molecule has 1 atom stereocenters. The number of hydrogen-bond donors (Lipinski definition) is 1. The molecule has 9 heteroatoms. The molecule has 3 aromatic rings. The van der Waals surface area contributed by atoms with Crippen LogP contribution in [0.2, 0.25) is 0 Å². The van der Waals surface area contributed by atoms with Crippen LogP contribution in [0.4, 0.5) is 5.82 Å². The Balaban J connectivity index is 1.78. The Labute approximate surface area is 184 Å².